The molecule has 2 aliphatic carbocycles. The second kappa shape index (κ2) is 5.02. The van der Waals surface area contributed by atoms with Crippen LogP contribution in [0.2, 0.25) is 0 Å². The molecule has 2 heterocycles. The first-order valence-corrected chi connectivity index (χ1v) is 8.63. The third-order valence-electron chi connectivity index (χ3n) is 5.78. The zero-order valence-corrected chi connectivity index (χ0v) is 14.4. The van der Waals surface area contributed by atoms with E-state index in [1.807, 2.05) is 12.1 Å². The maximum absolute atomic E-state index is 9.80. The van der Waals surface area contributed by atoms with Crippen molar-refractivity contribution >= 4 is 16.9 Å². The monoisotopic (exact) mass is 346 g/mol. The van der Waals surface area contributed by atoms with Gasteiger partial charge in [0.2, 0.25) is 5.95 Å². The lowest BCUT2D eigenvalue weighted by atomic mass is 9.93. The average Bonchev–Trinajstić information content (AvgIpc) is 3.50. The normalized spacial score (nSPS) is 22.5. The lowest BCUT2D eigenvalue weighted by molar-refractivity contribution is 0.181. The van der Waals surface area contributed by atoms with Gasteiger partial charge >= 0.3 is 0 Å². The number of rotatable bonds is 4. The Labute approximate surface area is 150 Å². The van der Waals surface area contributed by atoms with Crippen molar-refractivity contribution in [1.29, 1.82) is 5.26 Å². The van der Waals surface area contributed by atoms with E-state index in [2.05, 4.69) is 33.3 Å². The molecular weight excluding hydrogens is 328 g/mol. The number of hydrogen-bond donors (Lipinski definition) is 1. The maximum atomic E-state index is 9.80. The van der Waals surface area contributed by atoms with E-state index in [9.17, 15) is 5.26 Å². The van der Waals surface area contributed by atoms with Crippen LogP contribution in [0.15, 0.2) is 30.5 Å². The number of benzene rings is 1. The zero-order chi connectivity index (χ0) is 17.9. The maximum Gasteiger partial charge on any atom is 0.222 e. The van der Waals surface area contributed by atoms with Crippen LogP contribution in [0, 0.1) is 16.7 Å². The molecule has 2 aliphatic rings. The first kappa shape index (κ1) is 15.3. The third-order valence-corrected chi connectivity index (χ3v) is 5.78. The first-order chi connectivity index (χ1) is 12.6. The van der Waals surface area contributed by atoms with Crippen molar-refractivity contribution in [2.75, 3.05) is 12.8 Å². The quantitative estimate of drug-likeness (QED) is 0.778. The number of methoxy groups -OCH3 is 1. The van der Waals surface area contributed by atoms with Crippen molar-refractivity contribution in [3.8, 4) is 11.9 Å². The molecule has 0 amide bonds. The minimum Gasteiger partial charge on any atom is -0.378 e. The Balaban J connectivity index is 1.64. The van der Waals surface area contributed by atoms with Gasteiger partial charge in [0, 0.05) is 18.6 Å². The van der Waals surface area contributed by atoms with Crippen molar-refractivity contribution < 1.29 is 4.74 Å². The minimum atomic E-state index is -0.331. The predicted octanol–water partition coefficient (Wildman–Crippen LogP) is 2.49. The molecular formula is C19H18N6O. The van der Waals surface area contributed by atoms with Crippen LogP contribution in [0.5, 0.6) is 0 Å². The molecule has 1 unspecified atom stereocenters. The van der Waals surface area contributed by atoms with Gasteiger partial charge in [-0.2, -0.15) is 15.3 Å². The highest BCUT2D eigenvalue weighted by atomic mass is 16.5. The summed E-state index contributed by atoms with van der Waals surface area (Å²) in [5.74, 6) is 0.779. The first-order valence-electron chi connectivity index (χ1n) is 8.63. The molecule has 26 heavy (non-hydrogen) atoms. The lowest BCUT2D eigenvalue weighted by Gasteiger charge is -2.10. The smallest absolute Gasteiger partial charge is 0.222 e. The zero-order valence-electron chi connectivity index (χ0n) is 14.4. The lowest BCUT2D eigenvalue weighted by Crippen LogP contribution is -2.09. The number of hydrogen-bond acceptors (Lipinski definition) is 6. The summed E-state index contributed by atoms with van der Waals surface area (Å²) in [6, 6.07) is 10.6. The van der Waals surface area contributed by atoms with Gasteiger partial charge in [-0.1, -0.05) is 12.1 Å². The SMILES string of the molecule is COCc1cc(-n2ncc3ccc(C4(C#N)CC45CC5)cc32)nc(N)n1. The van der Waals surface area contributed by atoms with Gasteiger partial charge in [0.25, 0.3) is 0 Å². The number of anilines is 1. The highest BCUT2D eigenvalue weighted by molar-refractivity contribution is 5.81. The Morgan fingerprint density at radius 2 is 2.15 bits per heavy atom. The van der Waals surface area contributed by atoms with E-state index in [0.717, 1.165) is 35.7 Å². The molecule has 0 aliphatic heterocycles. The number of fused-ring (bicyclic) bond motifs is 1. The Hall–Kier alpha value is -2.98. The van der Waals surface area contributed by atoms with Gasteiger partial charge in [0.15, 0.2) is 5.82 Å². The summed E-state index contributed by atoms with van der Waals surface area (Å²) < 4.78 is 6.90. The van der Waals surface area contributed by atoms with Crippen molar-refractivity contribution in [3.63, 3.8) is 0 Å². The van der Waals surface area contributed by atoms with Crippen LogP contribution in [0.3, 0.4) is 0 Å². The Bertz CT molecular complexity index is 1080. The molecule has 2 fully saturated rings. The molecule has 2 aromatic heterocycles. The predicted molar refractivity (Wildman–Crippen MR) is 95.4 cm³/mol. The molecule has 0 radical (unpaired) electrons. The molecule has 1 spiro atoms. The fraction of sp³-hybridized carbons (Fsp3) is 0.368. The summed E-state index contributed by atoms with van der Waals surface area (Å²) in [4.78, 5) is 8.50. The van der Waals surface area contributed by atoms with Gasteiger partial charge in [-0.15, -0.1) is 0 Å². The second-order valence-electron chi connectivity index (χ2n) is 7.31. The molecule has 3 aromatic rings. The number of nitrogens with two attached hydrogens (primary N) is 1. The minimum absolute atomic E-state index is 0.182. The highest BCUT2D eigenvalue weighted by Gasteiger charge is 2.75. The van der Waals surface area contributed by atoms with E-state index in [1.54, 1.807) is 18.0 Å². The molecule has 7 heteroatoms. The average molecular weight is 346 g/mol. The molecule has 2 N–H and O–H groups in total. The molecule has 7 nitrogen and oxygen atoms in total. The van der Waals surface area contributed by atoms with Crippen LogP contribution < -0.4 is 5.73 Å². The van der Waals surface area contributed by atoms with Gasteiger partial charge in [-0.3, -0.25) is 0 Å². The second-order valence-corrected chi connectivity index (χ2v) is 7.31. The number of nitrogen functional groups attached to an aromatic ring is 1. The fourth-order valence-corrected chi connectivity index (χ4v) is 4.15. The van der Waals surface area contributed by atoms with Crippen molar-refractivity contribution in [3.05, 3.63) is 41.7 Å². The highest BCUT2D eigenvalue weighted by Crippen LogP contribution is 2.78. The standard InChI is InChI=1S/C19H18N6O/c1-26-9-14-7-16(24-17(21)23-14)25-15-6-13(3-2-12(15)8-22-25)19(11-20)10-18(19)4-5-18/h2-3,6-8H,4-5,9-10H2,1H3,(H2,21,23,24). The summed E-state index contributed by atoms with van der Waals surface area (Å²) in [7, 11) is 1.61. The molecule has 1 atom stereocenters. The van der Waals surface area contributed by atoms with Gasteiger partial charge in [-0.25, -0.2) is 9.67 Å². The van der Waals surface area contributed by atoms with E-state index < -0.39 is 0 Å². The van der Waals surface area contributed by atoms with Crippen molar-refractivity contribution in [1.82, 2.24) is 19.7 Å². The van der Waals surface area contributed by atoms with E-state index >= 15 is 0 Å². The topological polar surface area (TPSA) is 103 Å². The number of nitrogens with zero attached hydrogens (tertiary/aromatic N) is 5. The summed E-state index contributed by atoms with van der Waals surface area (Å²) in [6.45, 7) is 0.351. The molecule has 0 saturated heterocycles. The Morgan fingerprint density at radius 3 is 2.85 bits per heavy atom. The van der Waals surface area contributed by atoms with E-state index in [-0.39, 0.29) is 16.8 Å². The van der Waals surface area contributed by atoms with Crippen molar-refractivity contribution in [2.45, 2.75) is 31.3 Å². The molecule has 2 saturated carbocycles. The van der Waals surface area contributed by atoms with E-state index in [4.69, 9.17) is 10.5 Å². The number of ether oxygens (including phenoxy) is 1. The van der Waals surface area contributed by atoms with Gasteiger partial charge in [-0.05, 0) is 36.3 Å². The molecule has 1 aromatic carbocycles. The Kier molecular flexibility index (Phi) is 2.95. The van der Waals surface area contributed by atoms with Gasteiger partial charge < -0.3 is 10.5 Å². The van der Waals surface area contributed by atoms with Crippen LogP contribution in [0.25, 0.3) is 16.7 Å². The van der Waals surface area contributed by atoms with Crippen LogP contribution in [-0.2, 0) is 16.8 Å². The summed E-state index contributed by atoms with van der Waals surface area (Å²) in [6.07, 6.45) is 5.07. The van der Waals surface area contributed by atoms with Crippen LogP contribution in [0.4, 0.5) is 5.95 Å². The summed E-state index contributed by atoms with van der Waals surface area (Å²) in [5.41, 5.74) is 8.44. The van der Waals surface area contributed by atoms with E-state index in [0.29, 0.717) is 18.1 Å². The molecule has 130 valence electrons. The number of nitriles is 1. The molecule has 0 bridgehead atoms. The fourth-order valence-electron chi connectivity index (χ4n) is 4.15. The molecule has 5 rings (SSSR count). The van der Waals surface area contributed by atoms with Crippen LogP contribution in [-0.4, -0.2) is 26.9 Å². The summed E-state index contributed by atoms with van der Waals surface area (Å²) in [5, 5.41) is 15.3. The largest absolute Gasteiger partial charge is 0.378 e. The van der Waals surface area contributed by atoms with Crippen LogP contribution >= 0.6 is 0 Å². The summed E-state index contributed by atoms with van der Waals surface area (Å²) >= 11 is 0. The third kappa shape index (κ3) is 1.99. The van der Waals surface area contributed by atoms with E-state index in [1.165, 1.54) is 0 Å². The van der Waals surface area contributed by atoms with Gasteiger partial charge in [0.05, 0.1) is 35.5 Å². The number of aromatic nitrogens is 4. The van der Waals surface area contributed by atoms with Crippen LogP contribution in [0.1, 0.15) is 30.5 Å². The van der Waals surface area contributed by atoms with Gasteiger partial charge in [0.1, 0.15) is 0 Å². The van der Waals surface area contributed by atoms with Crippen molar-refractivity contribution in [2.24, 2.45) is 5.41 Å². The Morgan fingerprint density at radius 1 is 1.31 bits per heavy atom.